The number of imidazole rings is 1. The maximum absolute atomic E-state index is 4.50. The third-order valence-electron chi connectivity index (χ3n) is 4.30. The van der Waals surface area contributed by atoms with Gasteiger partial charge in [-0.1, -0.05) is 38.2 Å². The van der Waals surface area contributed by atoms with Crippen molar-refractivity contribution in [3.8, 4) is 5.82 Å². The van der Waals surface area contributed by atoms with Crippen LogP contribution in [0.2, 0.25) is 0 Å². The molecule has 1 fully saturated rings. The Morgan fingerprint density at radius 3 is 2.67 bits per heavy atom. The van der Waals surface area contributed by atoms with Gasteiger partial charge in [0.05, 0.1) is 0 Å². The van der Waals surface area contributed by atoms with Gasteiger partial charge in [0, 0.05) is 36.7 Å². The SMILES string of the molecule is c1cnc(-n2ccnc2)c(CNC2CCCCCCC2)c1. The van der Waals surface area contributed by atoms with E-state index in [1.807, 2.05) is 29.4 Å². The number of rotatable bonds is 4. The zero-order valence-corrected chi connectivity index (χ0v) is 12.5. The lowest BCUT2D eigenvalue weighted by molar-refractivity contribution is 0.388. The summed E-state index contributed by atoms with van der Waals surface area (Å²) in [7, 11) is 0. The summed E-state index contributed by atoms with van der Waals surface area (Å²) in [6.45, 7) is 0.881. The minimum atomic E-state index is 0.654. The molecule has 2 aromatic rings. The molecule has 112 valence electrons. The molecule has 1 aliphatic carbocycles. The van der Waals surface area contributed by atoms with Crippen LogP contribution in [0, 0.1) is 0 Å². The quantitative estimate of drug-likeness (QED) is 0.935. The Hall–Kier alpha value is -1.68. The maximum atomic E-state index is 4.50. The Kier molecular flexibility index (Phi) is 5.00. The fourth-order valence-electron chi connectivity index (χ4n) is 3.10. The second-order valence-electron chi connectivity index (χ2n) is 5.88. The Bertz CT molecular complexity index is 527. The van der Waals surface area contributed by atoms with Crippen LogP contribution in [0.1, 0.15) is 50.5 Å². The predicted octanol–water partition coefficient (Wildman–Crippen LogP) is 3.47. The molecule has 0 saturated heterocycles. The molecule has 2 heterocycles. The average molecular weight is 284 g/mol. The van der Waals surface area contributed by atoms with Gasteiger partial charge >= 0.3 is 0 Å². The first kappa shape index (κ1) is 14.3. The molecule has 1 saturated carbocycles. The van der Waals surface area contributed by atoms with Crippen LogP contribution in [0.4, 0.5) is 0 Å². The van der Waals surface area contributed by atoms with E-state index >= 15 is 0 Å². The van der Waals surface area contributed by atoms with Gasteiger partial charge in [-0.25, -0.2) is 9.97 Å². The Morgan fingerprint density at radius 1 is 1.10 bits per heavy atom. The molecule has 21 heavy (non-hydrogen) atoms. The van der Waals surface area contributed by atoms with Crippen LogP contribution in [0.25, 0.3) is 5.82 Å². The van der Waals surface area contributed by atoms with Gasteiger partial charge in [-0.3, -0.25) is 4.57 Å². The van der Waals surface area contributed by atoms with Crippen LogP contribution in [-0.4, -0.2) is 20.6 Å². The van der Waals surface area contributed by atoms with Gasteiger partial charge in [-0.15, -0.1) is 0 Å². The van der Waals surface area contributed by atoms with Crippen molar-refractivity contribution >= 4 is 0 Å². The molecule has 0 spiro atoms. The molecule has 1 N–H and O–H groups in total. The summed E-state index contributed by atoms with van der Waals surface area (Å²) < 4.78 is 1.98. The van der Waals surface area contributed by atoms with Crippen LogP contribution >= 0.6 is 0 Å². The lowest BCUT2D eigenvalue weighted by Crippen LogP contribution is -2.29. The van der Waals surface area contributed by atoms with Crippen molar-refractivity contribution in [3.05, 3.63) is 42.6 Å². The van der Waals surface area contributed by atoms with Gasteiger partial charge in [0.15, 0.2) is 0 Å². The molecule has 0 unspecified atom stereocenters. The van der Waals surface area contributed by atoms with Crippen LogP contribution in [0.15, 0.2) is 37.1 Å². The molecule has 0 amide bonds. The van der Waals surface area contributed by atoms with Crippen LogP contribution in [0.3, 0.4) is 0 Å². The van der Waals surface area contributed by atoms with E-state index in [0.29, 0.717) is 6.04 Å². The molecule has 4 heteroatoms. The lowest BCUT2D eigenvalue weighted by Gasteiger charge is -2.21. The van der Waals surface area contributed by atoms with E-state index in [9.17, 15) is 0 Å². The van der Waals surface area contributed by atoms with Gasteiger partial charge < -0.3 is 5.32 Å². The topological polar surface area (TPSA) is 42.7 Å². The second kappa shape index (κ2) is 7.36. The highest BCUT2D eigenvalue weighted by atomic mass is 15.1. The Labute approximate surface area is 126 Å². The molecule has 0 radical (unpaired) electrons. The summed E-state index contributed by atoms with van der Waals surface area (Å²) in [5, 5.41) is 3.73. The summed E-state index contributed by atoms with van der Waals surface area (Å²) in [5.41, 5.74) is 1.23. The summed E-state index contributed by atoms with van der Waals surface area (Å²) in [6.07, 6.45) is 16.9. The highest BCUT2D eigenvalue weighted by molar-refractivity contribution is 5.33. The molecule has 0 atom stereocenters. The van der Waals surface area contributed by atoms with Gasteiger partial charge in [0.1, 0.15) is 12.1 Å². The van der Waals surface area contributed by atoms with Crippen LogP contribution < -0.4 is 5.32 Å². The number of hydrogen-bond acceptors (Lipinski definition) is 3. The first-order valence-corrected chi connectivity index (χ1v) is 8.09. The van der Waals surface area contributed by atoms with E-state index in [1.54, 1.807) is 6.20 Å². The normalized spacial score (nSPS) is 17.3. The average Bonchev–Trinajstić information content (AvgIpc) is 3.00. The van der Waals surface area contributed by atoms with E-state index in [4.69, 9.17) is 0 Å². The summed E-state index contributed by atoms with van der Waals surface area (Å²) in [6, 6.07) is 4.81. The lowest BCUT2D eigenvalue weighted by atomic mass is 9.96. The zero-order valence-electron chi connectivity index (χ0n) is 12.5. The third kappa shape index (κ3) is 3.91. The molecule has 0 aromatic carbocycles. The first-order valence-electron chi connectivity index (χ1n) is 8.09. The van der Waals surface area contributed by atoms with Crippen LogP contribution in [-0.2, 0) is 6.54 Å². The molecule has 2 aromatic heterocycles. The number of pyridine rings is 1. The van der Waals surface area contributed by atoms with Gasteiger partial charge in [0.2, 0.25) is 0 Å². The molecule has 1 aliphatic rings. The molecular weight excluding hydrogens is 260 g/mol. The van der Waals surface area contributed by atoms with Gasteiger partial charge in [-0.2, -0.15) is 0 Å². The highest BCUT2D eigenvalue weighted by Crippen LogP contribution is 2.18. The van der Waals surface area contributed by atoms with E-state index in [1.165, 1.54) is 50.5 Å². The number of nitrogens with one attached hydrogen (secondary N) is 1. The van der Waals surface area contributed by atoms with Crippen molar-refractivity contribution in [3.63, 3.8) is 0 Å². The third-order valence-corrected chi connectivity index (χ3v) is 4.30. The largest absolute Gasteiger partial charge is 0.310 e. The fourth-order valence-corrected chi connectivity index (χ4v) is 3.10. The van der Waals surface area contributed by atoms with Gasteiger partial charge in [0.25, 0.3) is 0 Å². The van der Waals surface area contributed by atoms with Crippen LogP contribution in [0.5, 0.6) is 0 Å². The number of hydrogen-bond donors (Lipinski definition) is 1. The molecule has 0 bridgehead atoms. The van der Waals surface area contributed by atoms with Crippen molar-refractivity contribution in [2.24, 2.45) is 0 Å². The maximum Gasteiger partial charge on any atom is 0.142 e. The molecule has 4 nitrogen and oxygen atoms in total. The fraction of sp³-hybridized carbons (Fsp3) is 0.529. The predicted molar refractivity (Wildman–Crippen MR) is 84.3 cm³/mol. The number of aromatic nitrogens is 3. The highest BCUT2D eigenvalue weighted by Gasteiger charge is 2.12. The summed E-state index contributed by atoms with van der Waals surface area (Å²) in [5.74, 6) is 0.980. The molecular formula is C17H24N4. The minimum Gasteiger partial charge on any atom is -0.310 e. The second-order valence-corrected chi connectivity index (χ2v) is 5.88. The zero-order chi connectivity index (χ0) is 14.3. The van der Waals surface area contributed by atoms with Crippen molar-refractivity contribution in [1.29, 1.82) is 0 Å². The number of nitrogens with zero attached hydrogens (tertiary/aromatic N) is 3. The van der Waals surface area contributed by atoms with E-state index < -0.39 is 0 Å². The monoisotopic (exact) mass is 284 g/mol. The van der Waals surface area contributed by atoms with Crippen molar-refractivity contribution in [1.82, 2.24) is 19.9 Å². The first-order chi connectivity index (χ1) is 10.4. The summed E-state index contributed by atoms with van der Waals surface area (Å²) >= 11 is 0. The van der Waals surface area contributed by atoms with Crippen molar-refractivity contribution in [2.45, 2.75) is 57.5 Å². The van der Waals surface area contributed by atoms with Crippen molar-refractivity contribution in [2.75, 3.05) is 0 Å². The summed E-state index contributed by atoms with van der Waals surface area (Å²) in [4.78, 5) is 8.62. The van der Waals surface area contributed by atoms with Crippen molar-refractivity contribution < 1.29 is 0 Å². The van der Waals surface area contributed by atoms with E-state index in [2.05, 4.69) is 21.4 Å². The van der Waals surface area contributed by atoms with E-state index in [-0.39, 0.29) is 0 Å². The Balaban J connectivity index is 1.65. The molecule has 3 rings (SSSR count). The smallest absolute Gasteiger partial charge is 0.142 e. The minimum absolute atomic E-state index is 0.654. The standard InChI is InChI=1S/C17H24N4/c1-2-4-8-16(9-5-3-1)20-13-15-7-6-10-19-17(15)21-12-11-18-14-21/h6-7,10-12,14,16,20H,1-5,8-9,13H2. The van der Waals surface area contributed by atoms with E-state index in [0.717, 1.165) is 12.4 Å². The Morgan fingerprint density at radius 2 is 1.90 bits per heavy atom. The molecule has 0 aliphatic heterocycles. The van der Waals surface area contributed by atoms with Gasteiger partial charge in [-0.05, 0) is 18.9 Å².